The molecule has 4 heterocycles. The number of rotatable bonds is 2. The van der Waals surface area contributed by atoms with E-state index in [0.717, 1.165) is 105 Å². The molecule has 5 rings (SSSR count). The van der Waals surface area contributed by atoms with Crippen LogP contribution < -0.4 is 0 Å². The van der Waals surface area contributed by atoms with Gasteiger partial charge in [-0.1, -0.05) is 0 Å². The summed E-state index contributed by atoms with van der Waals surface area (Å²) in [4.78, 5) is 18.0. The number of furan rings is 1. The molecule has 7 heteroatoms. The van der Waals surface area contributed by atoms with Crippen molar-refractivity contribution < 1.29 is 9.21 Å². The third kappa shape index (κ3) is 2.87. The molecule has 1 unspecified atom stereocenters. The number of amides is 1. The van der Waals surface area contributed by atoms with Crippen molar-refractivity contribution in [3.63, 3.8) is 0 Å². The summed E-state index contributed by atoms with van der Waals surface area (Å²) in [5, 5.41) is 9.02. The molecule has 0 aromatic carbocycles. The van der Waals surface area contributed by atoms with Crippen LogP contribution in [0.15, 0.2) is 4.42 Å². The molecule has 0 bridgehead atoms. The average Bonchev–Trinajstić information content (AvgIpc) is 3.37. The number of aromatic nitrogens is 3. The highest BCUT2D eigenvalue weighted by Gasteiger charge is 2.37. The zero-order chi connectivity index (χ0) is 19.3. The lowest BCUT2D eigenvalue weighted by Gasteiger charge is -2.25. The Hall–Kier alpha value is -2.15. The van der Waals surface area contributed by atoms with Gasteiger partial charge in [0, 0.05) is 44.6 Å². The SMILES string of the molecule is Cc1oc2c(c1C(=O)N1CCCC1c1nnc3n1CCN(C)CC3)CCCC2. The van der Waals surface area contributed by atoms with Crippen LogP contribution in [0.2, 0.25) is 0 Å². The molecule has 2 aromatic rings. The molecule has 0 saturated carbocycles. The van der Waals surface area contributed by atoms with Crippen molar-refractivity contribution in [1.82, 2.24) is 24.6 Å². The van der Waals surface area contributed by atoms with Gasteiger partial charge in [-0.2, -0.15) is 0 Å². The van der Waals surface area contributed by atoms with E-state index in [2.05, 4.69) is 26.7 Å². The van der Waals surface area contributed by atoms with E-state index in [0.29, 0.717) is 0 Å². The zero-order valence-corrected chi connectivity index (χ0v) is 16.9. The third-order valence-corrected chi connectivity index (χ3v) is 6.65. The van der Waals surface area contributed by atoms with E-state index in [-0.39, 0.29) is 11.9 Å². The second kappa shape index (κ2) is 7.03. The Bertz CT molecular complexity index is 899. The number of nitrogens with zero attached hydrogens (tertiary/aromatic N) is 5. The summed E-state index contributed by atoms with van der Waals surface area (Å²) in [5.74, 6) is 3.95. The van der Waals surface area contributed by atoms with E-state index >= 15 is 0 Å². The van der Waals surface area contributed by atoms with Crippen LogP contribution in [0.4, 0.5) is 0 Å². The third-order valence-electron chi connectivity index (χ3n) is 6.65. The summed E-state index contributed by atoms with van der Waals surface area (Å²) >= 11 is 0. The lowest BCUT2D eigenvalue weighted by Crippen LogP contribution is -2.33. The van der Waals surface area contributed by atoms with Gasteiger partial charge in [0.15, 0.2) is 5.82 Å². The number of carbonyl (C=O) groups is 1. The van der Waals surface area contributed by atoms with Gasteiger partial charge in [0.05, 0.1) is 11.6 Å². The quantitative estimate of drug-likeness (QED) is 0.797. The molecular weight excluding hydrogens is 354 g/mol. The first-order valence-electron chi connectivity index (χ1n) is 10.7. The largest absolute Gasteiger partial charge is 0.465 e. The van der Waals surface area contributed by atoms with Gasteiger partial charge in [-0.25, -0.2) is 0 Å². The van der Waals surface area contributed by atoms with Crippen LogP contribution in [-0.2, 0) is 25.8 Å². The summed E-state index contributed by atoms with van der Waals surface area (Å²) < 4.78 is 8.24. The van der Waals surface area contributed by atoms with Crippen LogP contribution in [0.3, 0.4) is 0 Å². The van der Waals surface area contributed by atoms with E-state index in [1.54, 1.807) is 0 Å². The smallest absolute Gasteiger partial charge is 0.258 e. The average molecular weight is 383 g/mol. The van der Waals surface area contributed by atoms with Crippen molar-refractivity contribution in [3.8, 4) is 0 Å². The van der Waals surface area contributed by atoms with Crippen LogP contribution in [-0.4, -0.2) is 57.2 Å². The van der Waals surface area contributed by atoms with E-state index in [1.807, 2.05) is 11.8 Å². The molecule has 0 radical (unpaired) electrons. The van der Waals surface area contributed by atoms with Crippen molar-refractivity contribution >= 4 is 5.91 Å². The minimum atomic E-state index is 0.0192. The Kier molecular flexibility index (Phi) is 4.50. The summed E-state index contributed by atoms with van der Waals surface area (Å²) in [6.45, 7) is 5.62. The molecule has 7 nitrogen and oxygen atoms in total. The molecule has 3 aliphatic rings. The predicted octanol–water partition coefficient (Wildman–Crippen LogP) is 2.52. The molecule has 1 saturated heterocycles. The fraction of sp³-hybridized carbons (Fsp3) is 0.667. The summed E-state index contributed by atoms with van der Waals surface area (Å²) in [7, 11) is 2.15. The first kappa shape index (κ1) is 17.9. The van der Waals surface area contributed by atoms with Crippen molar-refractivity contribution in [2.45, 2.75) is 64.5 Å². The molecule has 1 amide bonds. The number of hydrogen-bond donors (Lipinski definition) is 0. The first-order chi connectivity index (χ1) is 13.6. The van der Waals surface area contributed by atoms with Gasteiger partial charge >= 0.3 is 0 Å². The number of likely N-dealkylation sites (tertiary alicyclic amines) is 1. The normalized spacial score (nSPS) is 22.8. The molecule has 1 fully saturated rings. The maximum atomic E-state index is 13.6. The molecule has 150 valence electrons. The minimum absolute atomic E-state index is 0.0192. The van der Waals surface area contributed by atoms with E-state index < -0.39 is 0 Å². The molecule has 1 atom stereocenters. The minimum Gasteiger partial charge on any atom is -0.465 e. The van der Waals surface area contributed by atoms with Gasteiger partial charge < -0.3 is 18.8 Å². The van der Waals surface area contributed by atoms with E-state index in [9.17, 15) is 4.79 Å². The Morgan fingerprint density at radius 3 is 2.79 bits per heavy atom. The monoisotopic (exact) mass is 383 g/mol. The van der Waals surface area contributed by atoms with E-state index in [4.69, 9.17) is 4.42 Å². The van der Waals surface area contributed by atoms with Crippen LogP contribution in [0, 0.1) is 6.92 Å². The van der Waals surface area contributed by atoms with Crippen LogP contribution in [0.1, 0.15) is 70.8 Å². The van der Waals surface area contributed by atoms with E-state index in [1.165, 1.54) is 0 Å². The molecule has 0 spiro atoms. The van der Waals surface area contributed by atoms with Crippen LogP contribution in [0.25, 0.3) is 0 Å². The highest BCUT2D eigenvalue weighted by molar-refractivity contribution is 5.97. The summed E-state index contributed by atoms with van der Waals surface area (Å²) in [5.41, 5.74) is 1.97. The first-order valence-corrected chi connectivity index (χ1v) is 10.7. The molecule has 2 aromatic heterocycles. The lowest BCUT2D eigenvalue weighted by molar-refractivity contribution is 0.0724. The molecule has 2 aliphatic heterocycles. The fourth-order valence-corrected chi connectivity index (χ4v) is 5.10. The standard InChI is InChI=1S/C21H29N5O2/c1-14-19(15-6-3-4-8-17(15)28-14)21(27)25-10-5-7-16(25)20-23-22-18-9-11-24(2)12-13-26(18)20/h16H,3-13H2,1-2H3. The van der Waals surface area contributed by atoms with Crippen molar-refractivity contribution in [3.05, 3.63) is 34.3 Å². The van der Waals surface area contributed by atoms with Crippen LogP contribution >= 0.6 is 0 Å². The molecule has 0 N–H and O–H groups in total. The topological polar surface area (TPSA) is 67.4 Å². The fourth-order valence-electron chi connectivity index (χ4n) is 5.10. The highest BCUT2D eigenvalue weighted by atomic mass is 16.3. The number of hydrogen-bond acceptors (Lipinski definition) is 5. The maximum absolute atomic E-state index is 13.6. The number of likely N-dealkylation sites (N-methyl/N-ethyl adjacent to an activating group) is 1. The zero-order valence-electron chi connectivity index (χ0n) is 16.9. The highest BCUT2D eigenvalue weighted by Crippen LogP contribution is 2.36. The van der Waals surface area contributed by atoms with Crippen molar-refractivity contribution in [2.75, 3.05) is 26.7 Å². The Morgan fingerprint density at radius 1 is 1.04 bits per heavy atom. The van der Waals surface area contributed by atoms with Crippen LogP contribution in [0.5, 0.6) is 0 Å². The number of fused-ring (bicyclic) bond motifs is 2. The summed E-state index contributed by atoms with van der Waals surface area (Å²) in [6, 6.07) is 0.0192. The maximum Gasteiger partial charge on any atom is 0.258 e. The summed E-state index contributed by atoms with van der Waals surface area (Å²) in [6.07, 6.45) is 7.09. The van der Waals surface area contributed by atoms with Gasteiger partial charge in [-0.15, -0.1) is 10.2 Å². The van der Waals surface area contributed by atoms with Gasteiger partial charge in [0.2, 0.25) is 0 Å². The second-order valence-corrected chi connectivity index (χ2v) is 8.48. The molecular formula is C21H29N5O2. The van der Waals surface area contributed by atoms with Crippen molar-refractivity contribution in [1.29, 1.82) is 0 Å². The van der Waals surface area contributed by atoms with Gasteiger partial charge in [0.25, 0.3) is 5.91 Å². The Morgan fingerprint density at radius 2 is 1.89 bits per heavy atom. The van der Waals surface area contributed by atoms with Gasteiger partial charge in [-0.05, 0) is 46.1 Å². The predicted molar refractivity (Wildman–Crippen MR) is 104 cm³/mol. The second-order valence-electron chi connectivity index (χ2n) is 8.48. The van der Waals surface area contributed by atoms with Gasteiger partial charge in [-0.3, -0.25) is 4.79 Å². The molecule has 28 heavy (non-hydrogen) atoms. The van der Waals surface area contributed by atoms with Crippen molar-refractivity contribution in [2.24, 2.45) is 0 Å². The van der Waals surface area contributed by atoms with Gasteiger partial charge in [0.1, 0.15) is 17.3 Å². The lowest BCUT2D eigenvalue weighted by atomic mass is 9.94. The number of aryl methyl sites for hydroxylation is 2. The molecule has 1 aliphatic carbocycles. The Labute approximate surface area is 165 Å². The number of carbonyl (C=O) groups excluding carboxylic acids is 1. The Balaban J connectivity index is 1.47.